The Kier molecular flexibility index (Phi) is 23.2. The summed E-state index contributed by atoms with van der Waals surface area (Å²) in [5.74, 6) is 0. The van der Waals surface area contributed by atoms with Crippen molar-refractivity contribution in [1.29, 1.82) is 0 Å². The second-order valence-electron chi connectivity index (χ2n) is 14.5. The summed E-state index contributed by atoms with van der Waals surface area (Å²) in [5.41, 5.74) is 0. The van der Waals surface area contributed by atoms with Crippen LogP contribution in [0.5, 0.6) is 0 Å². The molecule has 0 saturated carbocycles. The molecule has 0 aliphatic rings. The van der Waals surface area contributed by atoms with Gasteiger partial charge < -0.3 is 25.9 Å². The van der Waals surface area contributed by atoms with Crippen LogP contribution in [0.3, 0.4) is 0 Å². The number of hydrogen-bond acceptors (Lipinski definition) is 6. The second-order valence-corrected chi connectivity index (χ2v) is 39.4. The Hall–Kier alpha value is 0.0613. The summed E-state index contributed by atoms with van der Waals surface area (Å²) in [6.07, 6.45) is 7.09. The maximum atomic E-state index is 6.52. The van der Waals surface area contributed by atoms with Crippen LogP contribution in [0.2, 0.25) is 103 Å². The largest absolute Gasteiger partial charge is 0.555 e. The van der Waals surface area contributed by atoms with Crippen LogP contribution in [0.4, 0.5) is 0 Å². The van der Waals surface area contributed by atoms with E-state index in [4.69, 9.17) is 25.9 Å². The second kappa shape index (κ2) is 20.9. The molecule has 0 aromatic heterocycles. The van der Waals surface area contributed by atoms with Crippen molar-refractivity contribution in [3.05, 3.63) is 14.2 Å². The minimum Gasteiger partial charge on any atom is -0.555 e. The van der Waals surface area contributed by atoms with Gasteiger partial charge in [0.05, 0.1) is 0 Å². The van der Waals surface area contributed by atoms with Gasteiger partial charge in [-0.25, -0.2) is 14.2 Å². The first-order valence-corrected chi connectivity index (χ1v) is 33.7. The topological polar surface area (TPSA) is 55.4 Å². The molecule has 0 saturated heterocycles. The molecular weight excluding hydrogens is 868 g/mol. The fourth-order valence-corrected chi connectivity index (χ4v) is 33.7. The van der Waals surface area contributed by atoms with Crippen molar-refractivity contribution in [2.75, 3.05) is 13.2 Å². The average molecular weight is 938 g/mol. The molecule has 0 rings (SSSR count). The molecule has 0 atom stereocenters. The third-order valence-electron chi connectivity index (χ3n) is 6.49. The van der Waals surface area contributed by atoms with Crippen molar-refractivity contribution in [2.24, 2.45) is 0 Å². The minimum absolute atomic E-state index is 0. The van der Waals surface area contributed by atoms with Gasteiger partial charge in [0.2, 0.25) is 0 Å². The van der Waals surface area contributed by atoms with Crippen LogP contribution in [0.25, 0.3) is 0 Å². The summed E-state index contributed by atoms with van der Waals surface area (Å²) in [6, 6.07) is 4.69. The van der Waals surface area contributed by atoms with Gasteiger partial charge in [-0.3, -0.25) is 0 Å². The van der Waals surface area contributed by atoms with Crippen molar-refractivity contribution >= 4 is 50.4 Å². The Morgan fingerprint density at radius 3 is 0.829 bits per heavy atom. The number of unbranched alkanes of at least 4 members (excludes halogenated alkanes) is 2. The predicted molar refractivity (Wildman–Crippen MR) is 190 cm³/mol. The molecule has 0 N–H and O–H groups in total. The van der Waals surface area contributed by atoms with Gasteiger partial charge in [0.1, 0.15) is 0 Å². The van der Waals surface area contributed by atoms with Crippen LogP contribution in [0.1, 0.15) is 52.4 Å². The smallest absolute Gasteiger partial charge is 0.311 e. The Balaban J connectivity index is -0.000000688. The molecule has 0 aliphatic heterocycles. The van der Waals surface area contributed by atoms with Crippen molar-refractivity contribution in [3.63, 3.8) is 0 Å². The van der Waals surface area contributed by atoms with Crippen molar-refractivity contribution in [1.82, 2.24) is 0 Å². The van der Waals surface area contributed by atoms with E-state index in [1.54, 1.807) is 0 Å². The molecule has 41 heavy (non-hydrogen) atoms. The van der Waals surface area contributed by atoms with E-state index in [1.165, 1.54) is 37.8 Å². The van der Waals surface area contributed by atoms with E-state index >= 15 is 0 Å². The van der Waals surface area contributed by atoms with E-state index in [9.17, 15) is 0 Å². The minimum atomic E-state index is -2.02. The summed E-state index contributed by atoms with van der Waals surface area (Å²) in [5, 5.41) is 0. The van der Waals surface area contributed by atoms with Crippen molar-refractivity contribution in [3.8, 4) is 0 Å². The third kappa shape index (κ3) is 27.4. The quantitative estimate of drug-likeness (QED) is 0.0613. The molecule has 0 bridgehead atoms. The molecule has 0 unspecified atom stereocenters. The standard InChI is InChI=1S/2C14H35O3Si3.Rf/c2*1-9-10-13-18(3,4)16-20(7,8)17-19(5,6)14-11-12-15-2;/h2*2,9-14H2,1,3-8H3;/q2*-1;. The van der Waals surface area contributed by atoms with Crippen molar-refractivity contribution < 1.29 is 25.9 Å². The van der Waals surface area contributed by atoms with Crippen LogP contribution >= 0.6 is 0 Å². The van der Waals surface area contributed by atoms with Gasteiger partial charge in [-0.1, -0.05) is 39.5 Å². The molecule has 6 nitrogen and oxygen atoms in total. The van der Waals surface area contributed by atoms with Crippen LogP contribution in [-0.2, 0) is 25.9 Å². The molecule has 13 heteroatoms. The van der Waals surface area contributed by atoms with Crippen LogP contribution in [0, 0.1) is 14.2 Å². The molecule has 246 valence electrons. The van der Waals surface area contributed by atoms with Gasteiger partial charge in [0, 0.05) is 13.2 Å². The van der Waals surface area contributed by atoms with Gasteiger partial charge >= 0.3 is 17.1 Å². The number of hydrogen-bond donors (Lipinski definition) is 0. The molecule has 0 heterocycles. The molecule has 0 aromatic carbocycles. The number of rotatable bonds is 22. The van der Waals surface area contributed by atoms with Gasteiger partial charge in [0.15, 0.2) is 33.3 Å². The van der Waals surface area contributed by atoms with Crippen LogP contribution in [0.15, 0.2) is 0 Å². The zero-order chi connectivity index (χ0) is 31.7. The van der Waals surface area contributed by atoms with E-state index < -0.39 is 50.4 Å². The van der Waals surface area contributed by atoms with Gasteiger partial charge in [-0.15, -0.1) is 0 Å². The molecule has 0 aliphatic carbocycles. The van der Waals surface area contributed by atoms with E-state index in [0.717, 1.165) is 38.1 Å². The van der Waals surface area contributed by atoms with Gasteiger partial charge in [0.25, 0.3) is 0 Å². The molecule has 0 amide bonds. The van der Waals surface area contributed by atoms with E-state index in [2.05, 4.69) is 107 Å². The summed E-state index contributed by atoms with van der Waals surface area (Å²) >= 11 is 0. The fourth-order valence-electron chi connectivity index (χ4n) is 5.31. The SMILES string of the molecule is [CH2-]OCCC[Si](C)(C)O[Si](C)(C)O[Si](C)(C)CCCC.[CH2-]OCCC[Si](C)(C)O[Si](C)(C)O[Si](C)(C)CCCC.[Rf]. The summed E-state index contributed by atoms with van der Waals surface area (Å²) in [7, 11) is -3.65. The first-order chi connectivity index (χ1) is 18.1. The Labute approximate surface area is 258 Å². The Bertz CT molecular complexity index is 598. The molecule has 0 aromatic rings. The first-order valence-electron chi connectivity index (χ1n) is 15.6. The van der Waals surface area contributed by atoms with Gasteiger partial charge in [-0.05, 0) is 116 Å². The average Bonchev–Trinajstić information content (AvgIpc) is 2.73. The van der Waals surface area contributed by atoms with E-state index in [1.807, 2.05) is 0 Å². The summed E-state index contributed by atoms with van der Waals surface area (Å²) < 4.78 is 35.8. The maximum Gasteiger partial charge on any atom is 0.311 e. The normalized spacial score (nSPS) is 13.5. The monoisotopic (exact) mass is 938 g/mol. The Morgan fingerprint density at radius 2 is 0.634 bits per heavy atom. The van der Waals surface area contributed by atoms with E-state index in [0.29, 0.717) is 0 Å². The molecular formula is C28H70O6RfSi6-2. The first kappa shape index (κ1) is 45.5. The summed E-state index contributed by atoms with van der Waals surface area (Å²) in [6.45, 7) is 33.2. The fraction of sp³-hybridized carbons (Fsp3) is 0.929. The molecule has 0 spiro atoms. The van der Waals surface area contributed by atoms with Crippen LogP contribution < -0.4 is 0 Å². The Morgan fingerprint density at radius 1 is 0.415 bits per heavy atom. The van der Waals surface area contributed by atoms with E-state index in [-0.39, 0.29) is 0 Å². The predicted octanol–water partition coefficient (Wildman–Crippen LogP) is 10.3. The zero-order valence-electron chi connectivity index (χ0n) is 30.1. The van der Waals surface area contributed by atoms with Gasteiger partial charge in [-0.2, -0.15) is 0 Å². The third-order valence-corrected chi connectivity index (χ3v) is 29.4. The zero-order valence-corrected chi connectivity index (χ0v) is 42.5. The summed E-state index contributed by atoms with van der Waals surface area (Å²) in [4.78, 5) is 0. The van der Waals surface area contributed by atoms with Crippen LogP contribution in [-0.4, -0.2) is 63.6 Å². The van der Waals surface area contributed by atoms with Crippen molar-refractivity contribution in [2.45, 2.75) is 155 Å². The maximum absolute atomic E-state index is 6.52. The molecule has 0 radical (unpaired) electrons. The molecule has 0 fully saturated rings. The number of ether oxygens (including phenoxy) is 2.